The summed E-state index contributed by atoms with van der Waals surface area (Å²) < 4.78 is 249. The molecule has 644 valence electrons. The monoisotopic (exact) mass is 1820 g/mol. The second-order valence-electron chi connectivity index (χ2n) is 27.4. The average molecular weight is 1830 g/mol. The van der Waals surface area contributed by atoms with Crippen molar-refractivity contribution in [2.24, 2.45) is 0 Å². The molecule has 0 N–H and O–H groups in total. The Kier molecular flexibility index (Phi) is 39.3. The summed E-state index contributed by atoms with van der Waals surface area (Å²) in [6.45, 7) is -0.217. The number of rotatable bonds is 30. The van der Waals surface area contributed by atoms with E-state index in [2.05, 4.69) is 45.2 Å². The van der Waals surface area contributed by atoms with Crippen molar-refractivity contribution in [3.05, 3.63) is 0 Å². The van der Waals surface area contributed by atoms with Crippen molar-refractivity contribution in [3.63, 3.8) is 0 Å². The summed E-state index contributed by atoms with van der Waals surface area (Å²) in [4.78, 5) is 0. The fourth-order valence-electron chi connectivity index (χ4n) is 16.6. The predicted molar refractivity (Wildman–Crippen MR) is 390 cm³/mol. The van der Waals surface area contributed by atoms with E-state index in [-0.39, 0.29) is 39.6 Å². The molecular weight excluding hydrogens is 1700 g/mol. The molecule has 16 bridgehead atoms. The van der Waals surface area contributed by atoms with Gasteiger partial charge in [0, 0.05) is 165 Å². The van der Waals surface area contributed by atoms with Crippen molar-refractivity contribution in [3.8, 4) is 0 Å². The van der Waals surface area contributed by atoms with Crippen molar-refractivity contribution in [1.82, 2.24) is 0 Å². The van der Waals surface area contributed by atoms with Gasteiger partial charge in [-0.05, 0) is 0 Å². The molecule has 0 aromatic rings. The third-order valence-electron chi connectivity index (χ3n) is 21.7. The van der Waals surface area contributed by atoms with E-state index in [0.29, 0.717) is 8.86 Å². The van der Waals surface area contributed by atoms with Crippen LogP contribution in [0.2, 0.25) is 0 Å². The molecule has 30 saturated heterocycles. The topological polar surface area (TPSA) is 351 Å². The van der Waals surface area contributed by atoms with Crippen LogP contribution in [0.15, 0.2) is 0 Å². The van der Waals surface area contributed by atoms with Crippen LogP contribution in [0.1, 0.15) is 0 Å². The van der Waals surface area contributed by atoms with Crippen LogP contribution in [-0.2, 0) is 180 Å². The second kappa shape index (κ2) is 46.1. The van der Waals surface area contributed by atoms with Gasteiger partial charge in [-0.15, -0.1) is 0 Å². The molecule has 0 aliphatic carbocycles. The van der Waals surface area contributed by atoms with Crippen molar-refractivity contribution < 1.29 is 180 Å². The van der Waals surface area contributed by atoms with Crippen LogP contribution in [0.4, 0.5) is 0 Å². The van der Waals surface area contributed by atoms with Crippen molar-refractivity contribution >= 4 is 45.2 Å². The number of halogens is 2. The Hall–Kier alpha value is -0.0600. The van der Waals surface area contributed by atoms with E-state index in [9.17, 15) is 0 Å². The van der Waals surface area contributed by atoms with Crippen LogP contribution < -0.4 is 0 Å². The molecule has 38 nitrogen and oxygen atoms in total. The van der Waals surface area contributed by atoms with Crippen molar-refractivity contribution in [2.75, 3.05) is 205 Å². The van der Waals surface area contributed by atoms with Gasteiger partial charge in [-0.2, -0.15) is 0 Å². The summed E-state index contributed by atoms with van der Waals surface area (Å²) in [5.41, 5.74) is 0. The minimum Gasteiger partial charge on any atom is -0.382 e. The lowest BCUT2D eigenvalue weighted by Gasteiger charge is -2.53. The highest BCUT2D eigenvalue weighted by atomic mass is 127. The van der Waals surface area contributed by atoms with Gasteiger partial charge in [-0.25, -0.2) is 0 Å². The molecule has 110 heavy (non-hydrogen) atoms. The maximum atomic E-state index is 7.09. The van der Waals surface area contributed by atoms with Gasteiger partial charge in [0.15, 0.2) is 50.3 Å². The van der Waals surface area contributed by atoms with Crippen molar-refractivity contribution in [1.29, 1.82) is 0 Å². The molecule has 0 amide bonds. The van der Waals surface area contributed by atoms with E-state index in [1.807, 2.05) is 0 Å². The fraction of sp³-hybridized carbons (Fsp3) is 1.00. The van der Waals surface area contributed by atoms with E-state index in [1.54, 1.807) is 0 Å². The number of hydrogen-bond donors (Lipinski definition) is 0. The quantitative estimate of drug-likeness (QED) is 0.0668. The van der Waals surface area contributed by atoms with Gasteiger partial charge in [0.05, 0.1) is 51.8 Å². The summed E-state index contributed by atoms with van der Waals surface area (Å²) >= 11 is 4.45. The fourth-order valence-corrected chi connectivity index (χ4v) is 18.0. The molecule has 0 aromatic carbocycles. The molecule has 30 rings (SSSR count). The van der Waals surface area contributed by atoms with Crippen LogP contribution in [0.5, 0.6) is 0 Å². The lowest BCUT2D eigenvalue weighted by atomic mass is 9.94. The molecule has 0 spiro atoms. The summed E-state index contributed by atoms with van der Waals surface area (Å²) in [6, 6.07) is 0. The Labute approximate surface area is 672 Å². The highest BCUT2D eigenvalue weighted by Gasteiger charge is 2.63. The SMILES string of the molecule is COC[C@@H]1O[C@@H]2O[C@H]3[C@H](OC)[C@@H](OC)[C@@H](O[C@H]4[C@H](OC)[C@@H](OC)[C@@H](O[C@H]5[C@H](OC)[C@@H](OC)[C@@H](O[C@H]6[C@H](OC)[C@@H](OC)[C@@H](O[C@H]7[C@H](OC)[C@@H](OC)[C@@H](O[C@H]8[C@H](OC)[C@@H](OC)[C@@H](O[C@H]9[C@H](OC)[C@@H](OC)[C@@H](O[C@H]1[C@H](OC)[C@H]2OC)O[C@H]9CI)O[C@H]8COC)O[C@@H]7COC)O[C@@H]6CI)O[C@@H]5COC)O[C@@H]4COC)O[C@H]3COC. The summed E-state index contributed by atoms with van der Waals surface area (Å²) in [7, 11) is 33.4. The summed E-state index contributed by atoms with van der Waals surface area (Å²) in [5, 5.41) is 0. The molecule has 0 unspecified atom stereocenters. The molecule has 40 atom stereocenters. The first-order valence-corrected chi connectivity index (χ1v) is 39.5. The Morgan fingerprint density at radius 1 is 0.155 bits per heavy atom. The van der Waals surface area contributed by atoms with E-state index < -0.39 is 246 Å². The molecule has 40 heteroatoms. The van der Waals surface area contributed by atoms with E-state index in [4.69, 9.17) is 180 Å². The number of methoxy groups -OCH3 is 22. The molecule has 30 aliphatic heterocycles. The van der Waals surface area contributed by atoms with Gasteiger partial charge in [-0.3, -0.25) is 0 Å². The minimum atomic E-state index is -1.23. The van der Waals surface area contributed by atoms with Gasteiger partial charge in [0.25, 0.3) is 0 Å². The maximum absolute atomic E-state index is 7.09. The second-order valence-corrected chi connectivity index (χ2v) is 29.2. The first-order chi connectivity index (χ1) is 53.5. The van der Waals surface area contributed by atoms with Gasteiger partial charge in [0.1, 0.15) is 183 Å². The highest BCUT2D eigenvalue weighted by Crippen LogP contribution is 2.44. The molecule has 30 fully saturated rings. The van der Waals surface area contributed by atoms with Gasteiger partial charge < -0.3 is 180 Å². The van der Waals surface area contributed by atoms with Gasteiger partial charge in [0.2, 0.25) is 0 Å². The Balaban J connectivity index is 1.11. The normalized spacial score (nSPS) is 46.7. The number of alkyl halides is 2. The number of ether oxygens (including phenoxy) is 38. The van der Waals surface area contributed by atoms with E-state index in [1.165, 1.54) is 156 Å². The van der Waals surface area contributed by atoms with Crippen LogP contribution >= 0.6 is 45.2 Å². The third-order valence-corrected chi connectivity index (χ3v) is 23.4. The Morgan fingerprint density at radius 3 is 0.364 bits per heavy atom. The first-order valence-electron chi connectivity index (χ1n) is 36.5. The zero-order valence-corrected chi connectivity index (χ0v) is 71.3. The Bertz CT molecular complexity index is 2540. The average Bonchev–Trinajstić information content (AvgIpc) is 0.764. The zero-order valence-electron chi connectivity index (χ0n) is 67.0. The van der Waals surface area contributed by atoms with E-state index >= 15 is 0 Å². The van der Waals surface area contributed by atoms with Crippen LogP contribution in [0.3, 0.4) is 0 Å². The molecule has 0 radical (unpaired) electrons. The smallest absolute Gasteiger partial charge is 0.187 e. The Morgan fingerprint density at radius 2 is 0.264 bits per heavy atom. The van der Waals surface area contributed by atoms with Crippen molar-refractivity contribution in [2.45, 2.75) is 246 Å². The lowest BCUT2D eigenvalue weighted by molar-refractivity contribution is -0.408. The highest BCUT2D eigenvalue weighted by molar-refractivity contribution is 14.1. The zero-order chi connectivity index (χ0) is 79.6. The molecule has 30 heterocycles. The predicted octanol–water partition coefficient (Wildman–Crippen LogP) is -0.131. The lowest BCUT2D eigenvalue weighted by Crippen LogP contribution is -2.70. The summed E-state index contributed by atoms with van der Waals surface area (Å²) in [6.07, 6.45) is -40.2. The first kappa shape index (κ1) is 93.8. The maximum Gasteiger partial charge on any atom is 0.187 e. The van der Waals surface area contributed by atoms with Gasteiger partial charge >= 0.3 is 0 Å². The van der Waals surface area contributed by atoms with Crippen LogP contribution in [-0.4, -0.2) is 451 Å². The summed E-state index contributed by atoms with van der Waals surface area (Å²) in [5.74, 6) is 0. The molecule has 0 aromatic heterocycles. The van der Waals surface area contributed by atoms with Crippen LogP contribution in [0.25, 0.3) is 0 Å². The minimum absolute atomic E-state index is 0.0285. The molecule has 30 aliphatic rings. The number of hydrogen-bond acceptors (Lipinski definition) is 38. The largest absolute Gasteiger partial charge is 0.382 e. The van der Waals surface area contributed by atoms with Crippen LogP contribution in [0, 0.1) is 0 Å². The molecular formula is C70H122I2O38. The van der Waals surface area contributed by atoms with Gasteiger partial charge in [-0.1, -0.05) is 45.2 Å². The standard InChI is InChI=1S/C70H122I2O38/c1-73-25-33-41-49(81-9)59(91-19)67(99-33)107-43-35(27-75-3)97-65(57(89-17)51(43)83-11)103-39-31(23-71)96-64(56(88-16)47(39)79-7)106-42-34(26-74-2)100-68(60(92-20)50(42)82-10)109-45-37(29-77-5)102-70(62(94-22)53(45)85-13)110-46-38(30-78-6)101-69(61(93-21)54(46)86-14)108-44-36(28-76-4)98-66(58(90-18)52(44)84-12)104-40-32(24-72)95-63(105-41)55(87-15)48(40)80-8/h31-70H,23-30H2,1-22H3/t31-,32+,33+,34-,35-,36+,37-,38+,39+,40+,41+,42+,43+,44+,45+,46+,47-,48-,49-,50-,51-,52-,53-,54-,55+,56+,57+,58+,59+,60+,61+,62+,63+,64+,65+,66+,67+,68+,69+,70+/m0/s1. The third kappa shape index (κ3) is 20.4. The molecule has 0 saturated carbocycles. The van der Waals surface area contributed by atoms with E-state index in [0.717, 1.165) is 0 Å².